The van der Waals surface area contributed by atoms with Crippen LogP contribution in [0.3, 0.4) is 0 Å². The molecule has 0 heterocycles. The van der Waals surface area contributed by atoms with Crippen LogP contribution in [0, 0.1) is 3.57 Å². The summed E-state index contributed by atoms with van der Waals surface area (Å²) in [5.41, 5.74) is -1.23. The average Bonchev–Trinajstić information content (AvgIpc) is 2.39. The average molecular weight is 454 g/mol. The third kappa shape index (κ3) is 6.18. The van der Waals surface area contributed by atoms with Gasteiger partial charge in [0.25, 0.3) is 0 Å². The van der Waals surface area contributed by atoms with Crippen LogP contribution >= 0.6 is 30.2 Å². The molecule has 0 spiro atoms. The molecule has 0 aromatic heterocycles. The Morgan fingerprint density at radius 2 is 1.61 bits per heavy atom. The van der Waals surface area contributed by atoms with E-state index in [-0.39, 0.29) is 13.2 Å². The molecular formula is C16H24IO5P. The van der Waals surface area contributed by atoms with Gasteiger partial charge in [0.05, 0.1) is 13.2 Å². The van der Waals surface area contributed by atoms with Crippen molar-refractivity contribution in [2.45, 2.75) is 45.9 Å². The van der Waals surface area contributed by atoms with Crippen molar-refractivity contribution in [1.29, 1.82) is 0 Å². The second-order valence-corrected chi connectivity index (χ2v) is 9.22. The Morgan fingerprint density at radius 3 is 2.00 bits per heavy atom. The second-order valence-electron chi connectivity index (χ2n) is 5.86. The summed E-state index contributed by atoms with van der Waals surface area (Å²) in [4.78, 5) is 12.7. The molecule has 0 aliphatic carbocycles. The number of rotatable bonds is 7. The summed E-state index contributed by atoms with van der Waals surface area (Å²) >= 11 is 2.17. The summed E-state index contributed by atoms with van der Waals surface area (Å²) in [6.07, 6.45) is 0. The highest BCUT2D eigenvalue weighted by Gasteiger charge is 2.44. The molecule has 0 saturated carbocycles. The van der Waals surface area contributed by atoms with Gasteiger partial charge in [-0.05, 0) is 74.9 Å². The Labute approximate surface area is 151 Å². The monoisotopic (exact) mass is 454 g/mol. The van der Waals surface area contributed by atoms with Crippen molar-refractivity contribution in [3.8, 4) is 0 Å². The molecule has 0 amide bonds. The lowest BCUT2D eigenvalue weighted by Crippen LogP contribution is -2.28. The smallest absolute Gasteiger partial charge is 0.349 e. The molecule has 1 atom stereocenters. The maximum absolute atomic E-state index is 13.2. The summed E-state index contributed by atoms with van der Waals surface area (Å²) in [7, 11) is -3.69. The Bertz CT molecular complexity index is 555. The fourth-order valence-electron chi connectivity index (χ4n) is 2.00. The molecule has 5 nitrogen and oxygen atoms in total. The lowest BCUT2D eigenvalue weighted by molar-refractivity contribution is -0.154. The van der Waals surface area contributed by atoms with Gasteiger partial charge in [0.1, 0.15) is 5.60 Å². The Balaban J connectivity index is 3.32. The van der Waals surface area contributed by atoms with Gasteiger partial charge in [0.15, 0.2) is 5.66 Å². The molecule has 1 aromatic rings. The number of carbonyl (C=O) groups is 1. The van der Waals surface area contributed by atoms with E-state index in [2.05, 4.69) is 22.6 Å². The Kier molecular flexibility index (Phi) is 7.71. The third-order valence-electron chi connectivity index (χ3n) is 2.75. The molecule has 0 aliphatic rings. The molecule has 1 aromatic carbocycles. The number of esters is 1. The minimum Gasteiger partial charge on any atom is -0.459 e. The molecule has 0 bridgehead atoms. The zero-order chi connectivity index (χ0) is 17.7. The summed E-state index contributed by atoms with van der Waals surface area (Å²) in [5.74, 6) is -0.607. The van der Waals surface area contributed by atoms with E-state index in [4.69, 9.17) is 13.8 Å². The molecule has 0 saturated heterocycles. The van der Waals surface area contributed by atoms with Crippen LogP contribution in [0.2, 0.25) is 0 Å². The Hall–Kier alpha value is -0.430. The summed E-state index contributed by atoms with van der Waals surface area (Å²) in [6.45, 7) is 9.09. The molecule has 0 fully saturated rings. The van der Waals surface area contributed by atoms with Gasteiger partial charge in [-0.25, -0.2) is 0 Å². The summed E-state index contributed by atoms with van der Waals surface area (Å²) in [5, 5.41) is 0. The van der Waals surface area contributed by atoms with E-state index >= 15 is 0 Å². The van der Waals surface area contributed by atoms with E-state index in [0.717, 1.165) is 3.57 Å². The van der Waals surface area contributed by atoms with Crippen LogP contribution in [0.15, 0.2) is 24.3 Å². The molecule has 0 aliphatic heterocycles. The molecule has 0 radical (unpaired) electrons. The molecule has 23 heavy (non-hydrogen) atoms. The standard InChI is InChI=1S/C16H24IO5P/c1-6-20-23(19,21-7-2)14(15(18)22-16(3,4)5)12-8-10-13(17)11-9-12/h8-11,14H,6-7H2,1-5H3. The largest absolute Gasteiger partial charge is 0.459 e. The van der Waals surface area contributed by atoms with Crippen LogP contribution in [-0.4, -0.2) is 24.8 Å². The van der Waals surface area contributed by atoms with Crippen molar-refractivity contribution in [1.82, 2.24) is 0 Å². The van der Waals surface area contributed by atoms with Crippen LogP contribution in [-0.2, 0) is 23.1 Å². The first-order valence-electron chi connectivity index (χ1n) is 7.50. The molecule has 130 valence electrons. The second kappa shape index (κ2) is 8.60. The van der Waals surface area contributed by atoms with Gasteiger partial charge in [-0.15, -0.1) is 0 Å². The van der Waals surface area contributed by atoms with Crippen LogP contribution in [0.1, 0.15) is 45.8 Å². The SMILES string of the molecule is CCOP(=O)(OCC)C(C(=O)OC(C)(C)C)c1ccc(I)cc1. The van der Waals surface area contributed by atoms with Gasteiger partial charge in [-0.2, -0.15) is 0 Å². The highest BCUT2D eigenvalue weighted by Crippen LogP contribution is 2.61. The minimum atomic E-state index is -3.69. The van der Waals surface area contributed by atoms with E-state index in [0.29, 0.717) is 5.56 Å². The van der Waals surface area contributed by atoms with Crippen molar-refractivity contribution in [3.63, 3.8) is 0 Å². The van der Waals surface area contributed by atoms with Crippen LogP contribution in [0.5, 0.6) is 0 Å². The fourth-order valence-corrected chi connectivity index (χ4v) is 4.30. The number of halogens is 1. The quantitative estimate of drug-likeness (QED) is 0.332. The van der Waals surface area contributed by atoms with Crippen molar-refractivity contribution < 1.29 is 23.1 Å². The zero-order valence-corrected chi connectivity index (χ0v) is 17.2. The maximum atomic E-state index is 13.2. The zero-order valence-electron chi connectivity index (χ0n) is 14.2. The molecule has 1 rings (SSSR count). The highest BCUT2D eigenvalue weighted by molar-refractivity contribution is 14.1. The third-order valence-corrected chi connectivity index (χ3v) is 5.85. The van der Waals surface area contributed by atoms with Crippen molar-refractivity contribution in [2.75, 3.05) is 13.2 Å². The fraction of sp³-hybridized carbons (Fsp3) is 0.562. The van der Waals surface area contributed by atoms with E-state index in [1.807, 2.05) is 12.1 Å². The number of carbonyl (C=O) groups excluding carboxylic acids is 1. The lowest BCUT2D eigenvalue weighted by atomic mass is 10.1. The summed E-state index contributed by atoms with van der Waals surface area (Å²) < 4.78 is 30.4. The van der Waals surface area contributed by atoms with Crippen molar-refractivity contribution >= 4 is 36.2 Å². The first kappa shape index (κ1) is 20.6. The predicted octanol–water partition coefficient (Wildman–Crippen LogP) is 4.94. The molecule has 7 heteroatoms. The minimum absolute atomic E-state index is 0.181. The Morgan fingerprint density at radius 1 is 1.13 bits per heavy atom. The van der Waals surface area contributed by atoms with Crippen LogP contribution in [0.4, 0.5) is 0 Å². The number of ether oxygens (including phenoxy) is 1. The summed E-state index contributed by atoms with van der Waals surface area (Å²) in [6, 6.07) is 7.19. The van der Waals surface area contributed by atoms with E-state index < -0.39 is 24.8 Å². The maximum Gasteiger partial charge on any atom is 0.349 e. The van der Waals surface area contributed by atoms with Gasteiger partial charge in [-0.1, -0.05) is 12.1 Å². The van der Waals surface area contributed by atoms with Crippen molar-refractivity contribution in [3.05, 3.63) is 33.4 Å². The first-order chi connectivity index (χ1) is 10.6. The van der Waals surface area contributed by atoms with E-state index in [9.17, 15) is 9.36 Å². The van der Waals surface area contributed by atoms with Gasteiger partial charge in [-0.3, -0.25) is 9.36 Å². The predicted molar refractivity (Wildman–Crippen MR) is 98.6 cm³/mol. The van der Waals surface area contributed by atoms with Gasteiger partial charge in [0.2, 0.25) is 0 Å². The van der Waals surface area contributed by atoms with Gasteiger partial charge < -0.3 is 13.8 Å². The van der Waals surface area contributed by atoms with Crippen LogP contribution < -0.4 is 0 Å². The van der Waals surface area contributed by atoms with Crippen molar-refractivity contribution in [2.24, 2.45) is 0 Å². The van der Waals surface area contributed by atoms with Gasteiger partial charge >= 0.3 is 13.6 Å². The normalized spacial score (nSPS) is 13.7. The van der Waals surface area contributed by atoms with E-state index in [1.54, 1.807) is 46.8 Å². The topological polar surface area (TPSA) is 61.8 Å². The van der Waals surface area contributed by atoms with Gasteiger partial charge in [0, 0.05) is 3.57 Å². The molecule has 1 unspecified atom stereocenters. The van der Waals surface area contributed by atoms with E-state index in [1.165, 1.54) is 0 Å². The molecule has 0 N–H and O–H groups in total. The lowest BCUT2D eigenvalue weighted by Gasteiger charge is -2.28. The first-order valence-corrected chi connectivity index (χ1v) is 10.2. The number of hydrogen-bond donors (Lipinski definition) is 0. The molecular weight excluding hydrogens is 430 g/mol. The number of hydrogen-bond acceptors (Lipinski definition) is 5. The number of benzene rings is 1. The highest BCUT2D eigenvalue weighted by atomic mass is 127. The van der Waals surface area contributed by atoms with Crippen LogP contribution in [0.25, 0.3) is 0 Å².